The van der Waals surface area contributed by atoms with E-state index in [4.69, 9.17) is 26.1 Å². The molecule has 0 unspecified atom stereocenters. The molecule has 0 radical (unpaired) electrons. The summed E-state index contributed by atoms with van der Waals surface area (Å²) in [6.45, 7) is 0. The first kappa shape index (κ1) is 18.6. The first-order valence-corrected chi connectivity index (χ1v) is 9.99. The molecule has 0 saturated carbocycles. The van der Waals surface area contributed by atoms with Crippen LogP contribution in [-0.4, -0.2) is 36.6 Å². The quantitative estimate of drug-likeness (QED) is 0.826. The number of ether oxygens (including phenoxy) is 2. The fraction of sp³-hybridized carbons (Fsp3) is 0.211. The second-order valence-corrected chi connectivity index (χ2v) is 7.21. The number of nitrogens with one attached hydrogen (secondary N) is 1. The number of fused-ring (bicyclic) bond motifs is 2. The number of amides is 1. The van der Waals surface area contributed by atoms with Crippen molar-refractivity contribution in [2.45, 2.75) is 6.17 Å². The SMILES string of the molecule is COc1cc(Cl)c([C@@H]2N=c3ccccc3=C3C(=O)NC(SC)=NN32)cc1OC. The minimum atomic E-state index is -0.620. The summed E-state index contributed by atoms with van der Waals surface area (Å²) in [6, 6.07) is 10.9. The molecule has 144 valence electrons. The molecular formula is C19H17ClN4O3S. The van der Waals surface area contributed by atoms with E-state index in [1.165, 1.54) is 11.8 Å². The lowest BCUT2D eigenvalue weighted by atomic mass is 10.1. The van der Waals surface area contributed by atoms with E-state index in [2.05, 4.69) is 10.4 Å². The van der Waals surface area contributed by atoms with Gasteiger partial charge in [0.2, 0.25) is 0 Å². The Balaban J connectivity index is 1.98. The number of hydrogen-bond acceptors (Lipinski definition) is 7. The van der Waals surface area contributed by atoms with Crippen molar-refractivity contribution in [3.8, 4) is 11.5 Å². The van der Waals surface area contributed by atoms with Crippen LogP contribution in [0.15, 0.2) is 46.5 Å². The molecule has 0 fully saturated rings. The number of amidine groups is 1. The zero-order chi connectivity index (χ0) is 19.8. The highest BCUT2D eigenvalue weighted by Gasteiger charge is 2.35. The molecule has 7 nitrogen and oxygen atoms in total. The minimum absolute atomic E-state index is 0.233. The second-order valence-electron chi connectivity index (χ2n) is 6.01. The molecule has 0 bridgehead atoms. The van der Waals surface area contributed by atoms with Crippen molar-refractivity contribution in [1.29, 1.82) is 0 Å². The van der Waals surface area contributed by atoms with Crippen LogP contribution in [0.5, 0.6) is 11.5 Å². The maximum atomic E-state index is 12.8. The standard InChI is InChI=1S/C19H17ClN4O3S/c1-26-14-8-11(12(20)9-15(14)27-2)17-21-13-7-5-4-6-10(13)16-18(25)22-19(28-3)23-24(16)17/h4-9,17H,1-3H3,(H,22,23,25)/t17-/m1/s1. The Morgan fingerprint density at radius 2 is 1.89 bits per heavy atom. The molecule has 1 N–H and O–H groups in total. The molecule has 0 saturated heterocycles. The molecule has 28 heavy (non-hydrogen) atoms. The normalized spacial score (nSPS) is 17.8. The summed E-state index contributed by atoms with van der Waals surface area (Å²) in [5.74, 6) is 0.803. The monoisotopic (exact) mass is 416 g/mol. The van der Waals surface area contributed by atoms with Crippen molar-refractivity contribution >= 4 is 40.1 Å². The van der Waals surface area contributed by atoms with Crippen molar-refractivity contribution in [3.05, 3.63) is 57.6 Å². The van der Waals surface area contributed by atoms with Gasteiger partial charge < -0.3 is 9.47 Å². The Morgan fingerprint density at radius 1 is 1.18 bits per heavy atom. The van der Waals surface area contributed by atoms with Crippen molar-refractivity contribution in [3.63, 3.8) is 0 Å². The van der Waals surface area contributed by atoms with Crippen LogP contribution in [0.25, 0.3) is 5.70 Å². The van der Waals surface area contributed by atoms with Crippen LogP contribution in [-0.2, 0) is 4.79 Å². The van der Waals surface area contributed by atoms with Crippen LogP contribution in [0.2, 0.25) is 5.02 Å². The molecule has 0 aliphatic carbocycles. The van der Waals surface area contributed by atoms with E-state index in [0.717, 1.165) is 5.22 Å². The summed E-state index contributed by atoms with van der Waals surface area (Å²) in [6.07, 6.45) is 1.22. The predicted molar refractivity (Wildman–Crippen MR) is 109 cm³/mol. The van der Waals surface area contributed by atoms with Crippen molar-refractivity contribution in [1.82, 2.24) is 10.3 Å². The van der Waals surface area contributed by atoms with Gasteiger partial charge in [-0.25, -0.2) is 5.01 Å². The number of benzene rings is 2. The van der Waals surface area contributed by atoms with Crippen LogP contribution < -0.4 is 25.4 Å². The summed E-state index contributed by atoms with van der Waals surface area (Å²) >= 11 is 7.90. The van der Waals surface area contributed by atoms with Gasteiger partial charge >= 0.3 is 0 Å². The summed E-state index contributed by atoms with van der Waals surface area (Å²) in [5, 5.41) is 11.4. The average Bonchev–Trinajstić information content (AvgIpc) is 2.72. The highest BCUT2D eigenvalue weighted by atomic mass is 35.5. The van der Waals surface area contributed by atoms with E-state index in [1.807, 2.05) is 30.5 Å². The minimum Gasteiger partial charge on any atom is -0.493 e. The van der Waals surface area contributed by atoms with Crippen molar-refractivity contribution < 1.29 is 14.3 Å². The molecule has 2 heterocycles. The number of rotatable bonds is 3. The molecule has 4 rings (SSSR count). The van der Waals surface area contributed by atoms with Gasteiger partial charge in [0.05, 0.1) is 24.6 Å². The zero-order valence-electron chi connectivity index (χ0n) is 15.4. The van der Waals surface area contributed by atoms with E-state index in [1.54, 1.807) is 31.4 Å². The molecule has 0 spiro atoms. The summed E-state index contributed by atoms with van der Waals surface area (Å²) in [4.78, 5) is 17.7. The summed E-state index contributed by atoms with van der Waals surface area (Å²) in [5.41, 5.74) is 1.09. The Morgan fingerprint density at radius 3 is 2.61 bits per heavy atom. The van der Waals surface area contributed by atoms with Crippen LogP contribution in [0.3, 0.4) is 0 Å². The van der Waals surface area contributed by atoms with Gasteiger partial charge in [0.25, 0.3) is 5.91 Å². The molecule has 2 aromatic rings. The third-order valence-corrected chi connectivity index (χ3v) is 5.39. The summed E-state index contributed by atoms with van der Waals surface area (Å²) in [7, 11) is 3.10. The van der Waals surface area contributed by atoms with Crippen LogP contribution in [0.1, 0.15) is 11.7 Å². The smallest absolute Gasteiger partial charge is 0.276 e. The number of nitrogens with zero attached hydrogens (tertiary/aromatic N) is 3. The number of carbonyl (C=O) groups is 1. The van der Waals surface area contributed by atoms with E-state index >= 15 is 0 Å². The number of para-hydroxylation sites is 1. The number of carbonyl (C=O) groups excluding carboxylic acids is 1. The molecule has 1 amide bonds. The zero-order valence-corrected chi connectivity index (χ0v) is 17.0. The third-order valence-electron chi connectivity index (χ3n) is 4.49. The van der Waals surface area contributed by atoms with Gasteiger partial charge in [-0.2, -0.15) is 0 Å². The lowest BCUT2D eigenvalue weighted by molar-refractivity contribution is -0.116. The van der Waals surface area contributed by atoms with E-state index < -0.39 is 6.17 Å². The number of halogens is 1. The maximum absolute atomic E-state index is 12.8. The van der Waals surface area contributed by atoms with Gasteiger partial charge in [-0.3, -0.25) is 15.1 Å². The number of methoxy groups -OCH3 is 2. The number of hydrogen-bond donors (Lipinski definition) is 1. The Kier molecular flexibility index (Phi) is 4.91. The van der Waals surface area contributed by atoms with Gasteiger partial charge in [0.15, 0.2) is 22.8 Å². The first-order chi connectivity index (χ1) is 13.6. The number of thioether (sulfide) groups is 1. The Hall–Kier alpha value is -2.71. The van der Waals surface area contributed by atoms with E-state index in [0.29, 0.717) is 38.3 Å². The maximum Gasteiger partial charge on any atom is 0.276 e. The molecule has 0 aromatic heterocycles. The fourth-order valence-corrected chi connectivity index (χ4v) is 3.81. The Labute approximate surface area is 170 Å². The van der Waals surface area contributed by atoms with Crippen LogP contribution in [0, 0.1) is 0 Å². The largest absolute Gasteiger partial charge is 0.493 e. The van der Waals surface area contributed by atoms with E-state index in [-0.39, 0.29) is 5.91 Å². The van der Waals surface area contributed by atoms with E-state index in [9.17, 15) is 4.79 Å². The topological polar surface area (TPSA) is 75.5 Å². The lowest BCUT2D eigenvalue weighted by Crippen LogP contribution is -2.50. The molecule has 2 aromatic carbocycles. The third kappa shape index (κ3) is 2.98. The van der Waals surface area contributed by atoms with Gasteiger partial charge in [-0.1, -0.05) is 41.6 Å². The molecule has 9 heteroatoms. The molecule has 2 aliphatic rings. The predicted octanol–water partition coefficient (Wildman–Crippen LogP) is 1.86. The van der Waals surface area contributed by atoms with Crippen molar-refractivity contribution in [2.24, 2.45) is 10.1 Å². The van der Waals surface area contributed by atoms with Gasteiger partial charge in [0, 0.05) is 16.8 Å². The van der Waals surface area contributed by atoms with Crippen LogP contribution >= 0.6 is 23.4 Å². The average molecular weight is 417 g/mol. The molecule has 1 atom stereocenters. The fourth-order valence-electron chi connectivity index (χ4n) is 3.19. The highest BCUT2D eigenvalue weighted by molar-refractivity contribution is 8.13. The van der Waals surface area contributed by atoms with Gasteiger partial charge in [-0.15, -0.1) is 5.10 Å². The van der Waals surface area contributed by atoms with Gasteiger partial charge in [0.1, 0.15) is 5.70 Å². The van der Waals surface area contributed by atoms with Crippen molar-refractivity contribution in [2.75, 3.05) is 20.5 Å². The number of hydrazone groups is 1. The summed E-state index contributed by atoms with van der Waals surface area (Å²) < 4.78 is 10.7. The van der Waals surface area contributed by atoms with Gasteiger partial charge in [-0.05, 0) is 18.4 Å². The Bertz CT molecular complexity index is 1120. The molecular weight excluding hydrogens is 400 g/mol. The molecule has 2 aliphatic heterocycles. The highest BCUT2D eigenvalue weighted by Crippen LogP contribution is 2.40. The first-order valence-electron chi connectivity index (χ1n) is 8.39. The van der Waals surface area contributed by atoms with Crippen LogP contribution in [0.4, 0.5) is 0 Å². The second kappa shape index (κ2) is 7.37. The lowest BCUT2D eigenvalue weighted by Gasteiger charge is -2.34.